The minimum Gasteiger partial charge on any atom is -0.445 e. The summed E-state index contributed by atoms with van der Waals surface area (Å²) >= 11 is 0.750. The van der Waals surface area contributed by atoms with Crippen molar-refractivity contribution in [2.45, 2.75) is 60.2 Å². The maximum atomic E-state index is 13.4. The van der Waals surface area contributed by atoms with Crippen LogP contribution in [0.15, 0.2) is 84.9 Å². The van der Waals surface area contributed by atoms with Gasteiger partial charge in [0.05, 0.1) is 20.8 Å². The molecule has 0 unspecified atom stereocenters. The number of benzene rings is 3. The molecule has 2 aromatic heterocycles. The van der Waals surface area contributed by atoms with Crippen molar-refractivity contribution in [3.8, 4) is 5.69 Å². The molecule has 1 atom stereocenters. The number of alkyl halides is 2. The number of carbonyl (C=O) groups is 2. The number of fused-ring (bicyclic) bond motifs is 1. The van der Waals surface area contributed by atoms with E-state index in [0.717, 1.165) is 39.2 Å². The first-order valence-corrected chi connectivity index (χ1v) is 15.5. The van der Waals surface area contributed by atoms with E-state index in [1.54, 1.807) is 4.90 Å². The molecule has 0 saturated carbocycles. The lowest BCUT2D eigenvalue weighted by atomic mass is 9.87. The maximum Gasteiger partial charge on any atom is 0.410 e. The topological polar surface area (TPSA) is 76.5 Å². The molecule has 0 radical (unpaired) electrons. The van der Waals surface area contributed by atoms with Crippen molar-refractivity contribution in [3.05, 3.63) is 111 Å². The van der Waals surface area contributed by atoms with E-state index in [0.29, 0.717) is 5.52 Å². The minimum absolute atomic E-state index is 0.153. The number of hydrogen-bond acceptors (Lipinski definition) is 5. The standard InChI is InChI=1S/C35H36F2N4O3S/c1-22-10-9-13-26(18-22)41-28-15-14-25(19-27(28)38-33(41)39-32(42)30-17-16-29(45-30)31(36)37)20-40(23(2)35(3,4)5)34(43)44-21-24-11-7-6-8-12-24/h6-19,23,31H,20-21H2,1-5H3,(H,38,39,42)/t23-/m0/s1. The highest BCUT2D eigenvalue weighted by Gasteiger charge is 2.31. The van der Waals surface area contributed by atoms with E-state index >= 15 is 0 Å². The van der Waals surface area contributed by atoms with E-state index in [9.17, 15) is 18.4 Å². The van der Waals surface area contributed by atoms with Crippen LogP contribution in [0.2, 0.25) is 0 Å². The second kappa shape index (κ2) is 13.2. The van der Waals surface area contributed by atoms with Crippen molar-refractivity contribution in [1.29, 1.82) is 0 Å². The summed E-state index contributed by atoms with van der Waals surface area (Å²) in [5, 5.41) is 2.83. The third kappa shape index (κ3) is 7.39. The van der Waals surface area contributed by atoms with Crippen LogP contribution < -0.4 is 5.32 Å². The summed E-state index contributed by atoms with van der Waals surface area (Å²) in [6.45, 7) is 10.7. The van der Waals surface area contributed by atoms with Crippen molar-refractivity contribution in [2.24, 2.45) is 5.41 Å². The predicted molar refractivity (Wildman–Crippen MR) is 174 cm³/mol. The molecule has 0 bridgehead atoms. The Morgan fingerprint density at radius 2 is 1.73 bits per heavy atom. The van der Waals surface area contributed by atoms with Gasteiger partial charge >= 0.3 is 6.09 Å². The number of aromatic nitrogens is 2. The lowest BCUT2D eigenvalue weighted by molar-refractivity contribution is 0.0540. The number of thiophene rings is 1. The second-order valence-corrected chi connectivity index (χ2v) is 13.2. The number of rotatable bonds is 9. The molecular formula is C35H36F2N4O3S. The molecule has 234 valence electrons. The van der Waals surface area contributed by atoms with Gasteiger partial charge in [-0.3, -0.25) is 14.7 Å². The Morgan fingerprint density at radius 1 is 0.978 bits per heavy atom. The fourth-order valence-electron chi connectivity index (χ4n) is 4.92. The number of aryl methyl sites for hydroxylation is 1. The fraction of sp³-hybridized carbons (Fsp3) is 0.286. The first-order valence-electron chi connectivity index (χ1n) is 14.7. The summed E-state index contributed by atoms with van der Waals surface area (Å²) in [6, 6.07) is 25.5. The van der Waals surface area contributed by atoms with Crippen molar-refractivity contribution in [1.82, 2.24) is 14.5 Å². The van der Waals surface area contributed by atoms with E-state index in [4.69, 9.17) is 9.72 Å². The predicted octanol–water partition coefficient (Wildman–Crippen LogP) is 9.16. The van der Waals surface area contributed by atoms with Gasteiger partial charge in [-0.15, -0.1) is 11.3 Å². The van der Waals surface area contributed by atoms with Gasteiger partial charge in [0.25, 0.3) is 12.3 Å². The number of halogens is 2. The Labute approximate surface area is 265 Å². The number of imidazole rings is 1. The van der Waals surface area contributed by atoms with Crippen molar-refractivity contribution >= 4 is 40.3 Å². The molecule has 0 fully saturated rings. The van der Waals surface area contributed by atoms with Gasteiger partial charge in [-0.05, 0) is 72.4 Å². The molecule has 0 saturated heterocycles. The summed E-state index contributed by atoms with van der Waals surface area (Å²) in [5.74, 6) is -0.269. The third-order valence-electron chi connectivity index (χ3n) is 7.78. The quantitative estimate of drug-likeness (QED) is 0.176. The molecular weight excluding hydrogens is 594 g/mol. The van der Waals surface area contributed by atoms with Gasteiger partial charge in [-0.2, -0.15) is 0 Å². The van der Waals surface area contributed by atoms with Crippen LogP contribution in [0, 0.1) is 12.3 Å². The van der Waals surface area contributed by atoms with Crippen molar-refractivity contribution < 1.29 is 23.1 Å². The van der Waals surface area contributed by atoms with Gasteiger partial charge < -0.3 is 9.64 Å². The van der Waals surface area contributed by atoms with Gasteiger partial charge in [0.2, 0.25) is 5.95 Å². The molecule has 0 aliphatic heterocycles. The molecule has 1 N–H and O–H groups in total. The Balaban J connectivity index is 1.48. The Kier molecular flexibility index (Phi) is 9.34. The number of hydrogen-bond donors (Lipinski definition) is 1. The zero-order valence-electron chi connectivity index (χ0n) is 25.9. The van der Waals surface area contributed by atoms with E-state index in [-0.39, 0.29) is 40.3 Å². The maximum absolute atomic E-state index is 13.4. The number of ether oxygens (including phenoxy) is 1. The molecule has 0 aliphatic rings. The Hall–Kier alpha value is -4.57. The number of nitrogens with zero attached hydrogens (tertiary/aromatic N) is 3. The van der Waals surface area contributed by atoms with E-state index in [1.165, 1.54) is 12.1 Å². The number of nitrogens with one attached hydrogen (secondary N) is 1. The Morgan fingerprint density at radius 3 is 2.40 bits per heavy atom. The lowest BCUT2D eigenvalue weighted by Gasteiger charge is -2.37. The normalized spacial score (nSPS) is 12.4. The van der Waals surface area contributed by atoms with Crippen molar-refractivity contribution in [3.63, 3.8) is 0 Å². The molecule has 3 aromatic carbocycles. The molecule has 5 aromatic rings. The van der Waals surface area contributed by atoms with Gasteiger partial charge in [-0.25, -0.2) is 18.6 Å². The van der Waals surface area contributed by atoms with Crippen LogP contribution >= 0.6 is 11.3 Å². The summed E-state index contributed by atoms with van der Waals surface area (Å²) < 4.78 is 33.9. The number of carbonyl (C=O) groups excluding carboxylic acids is 2. The summed E-state index contributed by atoms with van der Waals surface area (Å²) in [4.78, 5) is 33.1. The van der Waals surface area contributed by atoms with Crippen molar-refractivity contribution in [2.75, 3.05) is 5.32 Å². The average molecular weight is 631 g/mol. The molecule has 2 amide bonds. The highest BCUT2D eigenvalue weighted by atomic mass is 32.1. The summed E-state index contributed by atoms with van der Waals surface area (Å²) in [6.07, 6.45) is -3.07. The van der Waals surface area contributed by atoms with Crippen LogP contribution in [0.1, 0.15) is 65.4 Å². The smallest absolute Gasteiger partial charge is 0.410 e. The summed E-state index contributed by atoms with van der Waals surface area (Å²) in [7, 11) is 0. The summed E-state index contributed by atoms with van der Waals surface area (Å²) in [5.41, 5.74) is 4.66. The van der Waals surface area contributed by atoms with E-state index in [1.807, 2.05) is 91.2 Å². The SMILES string of the molecule is Cc1cccc(-n2c(NC(=O)c3ccc(C(F)F)s3)nc3cc(CN(C(=O)OCc4ccccc4)[C@@H](C)C(C)(C)C)ccc32)c1. The van der Waals surface area contributed by atoms with Crippen LogP contribution in [0.4, 0.5) is 19.5 Å². The highest BCUT2D eigenvalue weighted by Crippen LogP contribution is 2.31. The van der Waals surface area contributed by atoms with Gasteiger partial charge in [0, 0.05) is 18.3 Å². The first-order chi connectivity index (χ1) is 21.4. The number of anilines is 1. The van der Waals surface area contributed by atoms with Crippen LogP contribution in [0.3, 0.4) is 0 Å². The molecule has 10 heteroatoms. The number of amides is 2. The zero-order valence-corrected chi connectivity index (χ0v) is 26.7. The third-order valence-corrected chi connectivity index (χ3v) is 8.87. The molecule has 45 heavy (non-hydrogen) atoms. The molecule has 2 heterocycles. The van der Waals surface area contributed by atoms with Crippen LogP contribution in [-0.2, 0) is 17.9 Å². The van der Waals surface area contributed by atoms with Gasteiger partial charge in [0.15, 0.2) is 0 Å². The lowest BCUT2D eigenvalue weighted by Crippen LogP contribution is -2.45. The first kappa shape index (κ1) is 31.8. The average Bonchev–Trinajstić information content (AvgIpc) is 3.64. The van der Waals surface area contributed by atoms with Crippen LogP contribution in [-0.4, -0.2) is 32.5 Å². The molecule has 5 rings (SSSR count). The van der Waals surface area contributed by atoms with E-state index in [2.05, 4.69) is 26.1 Å². The van der Waals surface area contributed by atoms with Crippen LogP contribution in [0.5, 0.6) is 0 Å². The fourth-order valence-corrected chi connectivity index (χ4v) is 5.68. The Bertz CT molecular complexity index is 1810. The molecule has 0 aliphatic carbocycles. The highest BCUT2D eigenvalue weighted by molar-refractivity contribution is 7.14. The monoisotopic (exact) mass is 630 g/mol. The second-order valence-electron chi connectivity index (χ2n) is 12.1. The molecule has 7 nitrogen and oxygen atoms in total. The molecule has 0 spiro atoms. The minimum atomic E-state index is -2.65. The van der Waals surface area contributed by atoms with Gasteiger partial charge in [-0.1, -0.05) is 69.3 Å². The van der Waals surface area contributed by atoms with Crippen LogP contribution in [0.25, 0.3) is 16.7 Å². The zero-order chi connectivity index (χ0) is 32.3. The largest absolute Gasteiger partial charge is 0.445 e. The van der Waals surface area contributed by atoms with E-state index < -0.39 is 18.4 Å². The van der Waals surface area contributed by atoms with Gasteiger partial charge in [0.1, 0.15) is 6.61 Å².